The molecule has 20 heavy (non-hydrogen) atoms. The highest BCUT2D eigenvalue weighted by atomic mass is 19.1. The van der Waals surface area contributed by atoms with Gasteiger partial charge < -0.3 is 16.0 Å². The number of likely N-dealkylation sites (tertiary alicyclic amines) is 1. The molecule has 6 heteroatoms. The summed E-state index contributed by atoms with van der Waals surface area (Å²) in [5, 5.41) is 2.56. The second kappa shape index (κ2) is 5.90. The van der Waals surface area contributed by atoms with Crippen molar-refractivity contribution in [1.82, 2.24) is 10.2 Å². The zero-order valence-electron chi connectivity index (χ0n) is 11.4. The molecular weight excluding hydrogens is 261 g/mol. The third-order valence-electron chi connectivity index (χ3n) is 3.40. The summed E-state index contributed by atoms with van der Waals surface area (Å²) in [6, 6.07) is 2.93. The van der Waals surface area contributed by atoms with E-state index in [0.717, 1.165) is 32.0 Å². The predicted molar refractivity (Wildman–Crippen MR) is 73.6 cm³/mol. The molecule has 0 radical (unpaired) electrons. The average Bonchev–Trinajstić information content (AvgIpc) is 2.94. The molecule has 1 unspecified atom stereocenters. The lowest BCUT2D eigenvalue weighted by Gasteiger charge is -2.21. The van der Waals surface area contributed by atoms with Gasteiger partial charge in [-0.1, -0.05) is 0 Å². The Hall–Kier alpha value is -2.11. The van der Waals surface area contributed by atoms with Crippen LogP contribution in [0.2, 0.25) is 0 Å². The van der Waals surface area contributed by atoms with Crippen molar-refractivity contribution in [3.63, 3.8) is 0 Å². The van der Waals surface area contributed by atoms with E-state index in [1.54, 1.807) is 11.8 Å². The van der Waals surface area contributed by atoms with Crippen molar-refractivity contribution in [2.75, 3.05) is 18.8 Å². The van der Waals surface area contributed by atoms with E-state index >= 15 is 0 Å². The largest absolute Gasteiger partial charge is 0.398 e. The lowest BCUT2D eigenvalue weighted by molar-refractivity contribution is -0.131. The van der Waals surface area contributed by atoms with Crippen LogP contribution in [0.3, 0.4) is 0 Å². The lowest BCUT2D eigenvalue weighted by Crippen LogP contribution is -2.46. The van der Waals surface area contributed by atoms with Gasteiger partial charge in [0, 0.05) is 18.8 Å². The highest BCUT2D eigenvalue weighted by molar-refractivity contribution is 6.01. The Morgan fingerprint density at radius 3 is 2.65 bits per heavy atom. The summed E-state index contributed by atoms with van der Waals surface area (Å²) in [4.78, 5) is 25.8. The number of hydrogen-bond acceptors (Lipinski definition) is 3. The van der Waals surface area contributed by atoms with Crippen LogP contribution in [0.15, 0.2) is 18.2 Å². The van der Waals surface area contributed by atoms with Crippen LogP contribution >= 0.6 is 0 Å². The Labute approximate surface area is 116 Å². The first kappa shape index (κ1) is 14.3. The second-order valence-corrected chi connectivity index (χ2v) is 4.96. The Kier molecular flexibility index (Phi) is 4.22. The highest BCUT2D eigenvalue weighted by Gasteiger charge is 2.25. The predicted octanol–water partition coefficient (Wildman–Crippen LogP) is 1.15. The summed E-state index contributed by atoms with van der Waals surface area (Å²) in [6.45, 7) is 3.07. The summed E-state index contributed by atoms with van der Waals surface area (Å²) < 4.78 is 13.1. The Balaban J connectivity index is 2.03. The number of nitrogens with zero attached hydrogens (tertiary/aromatic N) is 1. The number of nitrogens with two attached hydrogens (primary N) is 1. The molecule has 1 aliphatic heterocycles. The smallest absolute Gasteiger partial charge is 0.254 e. The molecule has 2 rings (SSSR count). The average molecular weight is 279 g/mol. The number of anilines is 1. The molecule has 1 aliphatic rings. The molecule has 0 aliphatic carbocycles. The molecular formula is C14H18FN3O2. The van der Waals surface area contributed by atoms with Crippen molar-refractivity contribution in [3.8, 4) is 0 Å². The maximum atomic E-state index is 13.1. The summed E-state index contributed by atoms with van der Waals surface area (Å²) in [6.07, 6.45) is 1.98. The molecule has 1 fully saturated rings. The first-order valence-corrected chi connectivity index (χ1v) is 6.63. The molecule has 0 spiro atoms. The molecule has 0 bridgehead atoms. The van der Waals surface area contributed by atoms with Crippen molar-refractivity contribution in [2.45, 2.75) is 25.8 Å². The number of nitrogen functional groups attached to an aromatic ring is 1. The number of carbonyl (C=O) groups is 2. The molecule has 1 atom stereocenters. The van der Waals surface area contributed by atoms with Gasteiger partial charge >= 0.3 is 0 Å². The minimum Gasteiger partial charge on any atom is -0.398 e. The van der Waals surface area contributed by atoms with E-state index in [4.69, 9.17) is 5.73 Å². The van der Waals surface area contributed by atoms with Crippen molar-refractivity contribution < 1.29 is 14.0 Å². The zero-order valence-corrected chi connectivity index (χ0v) is 11.4. The van der Waals surface area contributed by atoms with Crippen molar-refractivity contribution in [2.24, 2.45) is 0 Å². The van der Waals surface area contributed by atoms with Gasteiger partial charge in [-0.2, -0.15) is 0 Å². The molecule has 0 aromatic heterocycles. The summed E-state index contributed by atoms with van der Waals surface area (Å²) >= 11 is 0. The minimum atomic E-state index is -0.650. The fourth-order valence-corrected chi connectivity index (χ4v) is 2.27. The Morgan fingerprint density at radius 2 is 2.00 bits per heavy atom. The van der Waals surface area contributed by atoms with Gasteiger partial charge in [-0.3, -0.25) is 9.59 Å². The molecule has 3 N–H and O–H groups in total. The van der Waals surface area contributed by atoms with Crippen molar-refractivity contribution in [1.29, 1.82) is 0 Å². The first-order valence-electron chi connectivity index (χ1n) is 6.63. The second-order valence-electron chi connectivity index (χ2n) is 4.96. The SMILES string of the molecule is CC(NC(=O)c1cc(F)ccc1N)C(=O)N1CCCC1. The van der Waals surface area contributed by atoms with Crippen LogP contribution in [0, 0.1) is 5.82 Å². The molecule has 1 aromatic carbocycles. The van der Waals surface area contributed by atoms with Gasteiger partial charge in [-0.25, -0.2) is 4.39 Å². The van der Waals surface area contributed by atoms with Crippen molar-refractivity contribution >= 4 is 17.5 Å². The van der Waals surface area contributed by atoms with Crippen LogP contribution in [0.1, 0.15) is 30.1 Å². The van der Waals surface area contributed by atoms with Crippen molar-refractivity contribution in [3.05, 3.63) is 29.6 Å². The Bertz CT molecular complexity index is 527. The molecule has 1 aromatic rings. The van der Waals surface area contributed by atoms with Gasteiger partial charge in [0.25, 0.3) is 5.91 Å². The van der Waals surface area contributed by atoms with Crippen LogP contribution in [0.4, 0.5) is 10.1 Å². The topological polar surface area (TPSA) is 75.4 Å². The van der Waals surface area contributed by atoms with E-state index in [-0.39, 0.29) is 17.2 Å². The maximum Gasteiger partial charge on any atom is 0.254 e. The Morgan fingerprint density at radius 1 is 1.35 bits per heavy atom. The van der Waals surface area contributed by atoms with E-state index in [1.165, 1.54) is 12.1 Å². The summed E-state index contributed by atoms with van der Waals surface area (Å²) in [7, 11) is 0. The van der Waals surface area contributed by atoms with E-state index in [1.807, 2.05) is 0 Å². The van der Waals surface area contributed by atoms with E-state index in [9.17, 15) is 14.0 Å². The van der Waals surface area contributed by atoms with Gasteiger partial charge in [0.15, 0.2) is 0 Å². The van der Waals surface area contributed by atoms with Gasteiger partial charge in [-0.05, 0) is 38.0 Å². The number of hydrogen-bond donors (Lipinski definition) is 2. The fourth-order valence-electron chi connectivity index (χ4n) is 2.27. The number of amides is 2. The molecule has 108 valence electrons. The molecule has 1 saturated heterocycles. The number of halogens is 1. The minimum absolute atomic E-state index is 0.0473. The van der Waals surface area contributed by atoms with Crippen LogP contribution in [-0.4, -0.2) is 35.8 Å². The van der Waals surface area contributed by atoms with E-state index in [2.05, 4.69) is 5.32 Å². The highest BCUT2D eigenvalue weighted by Crippen LogP contribution is 2.14. The third-order valence-corrected chi connectivity index (χ3v) is 3.40. The molecule has 5 nitrogen and oxygen atoms in total. The lowest BCUT2D eigenvalue weighted by atomic mass is 10.1. The van der Waals surface area contributed by atoms with Gasteiger partial charge in [-0.15, -0.1) is 0 Å². The van der Waals surface area contributed by atoms with Gasteiger partial charge in [0.1, 0.15) is 11.9 Å². The molecule has 0 saturated carbocycles. The summed E-state index contributed by atoms with van der Waals surface area (Å²) in [5.74, 6) is -1.20. The maximum absolute atomic E-state index is 13.1. The quantitative estimate of drug-likeness (QED) is 0.815. The van der Waals surface area contributed by atoms with Gasteiger partial charge in [0.2, 0.25) is 5.91 Å². The molecule has 2 amide bonds. The van der Waals surface area contributed by atoms with Crippen LogP contribution < -0.4 is 11.1 Å². The monoisotopic (exact) mass is 279 g/mol. The molecule has 1 heterocycles. The number of rotatable bonds is 3. The number of nitrogens with one attached hydrogen (secondary N) is 1. The van der Waals surface area contributed by atoms with Crippen LogP contribution in [-0.2, 0) is 4.79 Å². The zero-order chi connectivity index (χ0) is 14.7. The normalized spacial score (nSPS) is 16.0. The third kappa shape index (κ3) is 3.07. The number of benzene rings is 1. The summed E-state index contributed by atoms with van der Waals surface area (Å²) in [5.41, 5.74) is 5.87. The van der Waals surface area contributed by atoms with Gasteiger partial charge in [0.05, 0.1) is 5.56 Å². The van der Waals surface area contributed by atoms with E-state index < -0.39 is 17.8 Å². The van der Waals surface area contributed by atoms with Crippen LogP contribution in [0.5, 0.6) is 0 Å². The standard InChI is InChI=1S/C14H18FN3O2/c1-9(14(20)18-6-2-3-7-18)17-13(19)11-8-10(15)4-5-12(11)16/h4-5,8-9H,2-3,6-7,16H2,1H3,(H,17,19). The van der Waals surface area contributed by atoms with Crippen LogP contribution in [0.25, 0.3) is 0 Å². The van der Waals surface area contributed by atoms with E-state index in [0.29, 0.717) is 0 Å². The number of carbonyl (C=O) groups excluding carboxylic acids is 2. The fraction of sp³-hybridized carbons (Fsp3) is 0.429. The first-order chi connectivity index (χ1) is 9.49.